The van der Waals surface area contributed by atoms with E-state index in [1.165, 1.54) is 6.08 Å². The number of hydrogen-bond acceptors (Lipinski definition) is 3. The predicted octanol–water partition coefficient (Wildman–Crippen LogP) is 1.03. The number of aliphatic imine (C=N–C) groups is 1. The van der Waals surface area contributed by atoms with Gasteiger partial charge in [0, 0.05) is 6.08 Å². The maximum atomic E-state index is 8.42. The van der Waals surface area contributed by atoms with Crippen LogP contribution < -0.4 is 5.32 Å². The molecule has 0 aliphatic carbocycles. The topological polar surface area (TPSA) is 48.2 Å². The van der Waals surface area contributed by atoms with Crippen molar-refractivity contribution in [1.29, 1.82) is 5.26 Å². The third-order valence-electron chi connectivity index (χ3n) is 0.869. The molecule has 0 amide bonds. The average Bonchev–Trinajstić information content (AvgIpc) is 1.88. The second kappa shape index (κ2) is 2.49. The van der Waals surface area contributed by atoms with E-state index >= 15 is 0 Å². The molecular formula is C5H2Cl2N3. The third-order valence-corrected chi connectivity index (χ3v) is 1.35. The van der Waals surface area contributed by atoms with Gasteiger partial charge in [0.25, 0.3) is 0 Å². The quantitative estimate of drug-likeness (QED) is 0.441. The molecule has 1 radical (unpaired) electrons. The number of rotatable bonds is 0. The smallest absolute Gasteiger partial charge is 0.243 e. The molecule has 0 saturated carbocycles. The molecule has 3 nitrogen and oxygen atoms in total. The van der Waals surface area contributed by atoms with E-state index in [1.54, 1.807) is 6.07 Å². The number of nitrogens with one attached hydrogen (secondary N) is 1. The summed E-state index contributed by atoms with van der Waals surface area (Å²) in [5.74, 6) is 0. The van der Waals surface area contributed by atoms with Crippen LogP contribution in [0.1, 0.15) is 0 Å². The van der Waals surface area contributed by atoms with Crippen LogP contribution in [0.3, 0.4) is 0 Å². The van der Waals surface area contributed by atoms with Crippen molar-refractivity contribution in [3.63, 3.8) is 0 Å². The van der Waals surface area contributed by atoms with Crippen molar-refractivity contribution < 1.29 is 0 Å². The van der Waals surface area contributed by atoms with Crippen LogP contribution in [0.15, 0.2) is 16.2 Å². The Morgan fingerprint density at radius 1 is 1.90 bits per heavy atom. The van der Waals surface area contributed by atoms with Crippen LogP contribution in [0.4, 0.5) is 0 Å². The summed E-state index contributed by atoms with van der Waals surface area (Å²) in [7, 11) is 0. The summed E-state index contributed by atoms with van der Waals surface area (Å²) >= 11 is 11.0. The highest BCUT2D eigenvalue weighted by molar-refractivity contribution is 6.33. The summed E-state index contributed by atoms with van der Waals surface area (Å²) < 4.78 is 0. The molecule has 10 heavy (non-hydrogen) atoms. The first-order valence-electron chi connectivity index (χ1n) is 2.38. The Labute approximate surface area is 67.9 Å². The Bertz CT molecular complexity index is 240. The Kier molecular flexibility index (Phi) is 1.84. The van der Waals surface area contributed by atoms with E-state index < -0.39 is 5.00 Å². The zero-order valence-electron chi connectivity index (χ0n) is 4.73. The number of nitrogens with zero attached hydrogens (tertiary/aromatic N) is 2. The van der Waals surface area contributed by atoms with E-state index in [-0.39, 0.29) is 5.16 Å². The predicted molar refractivity (Wildman–Crippen MR) is 38.7 cm³/mol. The van der Waals surface area contributed by atoms with E-state index in [1.807, 2.05) is 0 Å². The van der Waals surface area contributed by atoms with Crippen molar-refractivity contribution in [3.8, 4) is 6.07 Å². The molecule has 1 unspecified atom stereocenters. The van der Waals surface area contributed by atoms with Gasteiger partial charge in [-0.15, -0.1) is 0 Å². The van der Waals surface area contributed by atoms with Crippen LogP contribution in [-0.2, 0) is 0 Å². The molecule has 0 aromatic heterocycles. The van der Waals surface area contributed by atoms with E-state index in [0.29, 0.717) is 0 Å². The van der Waals surface area contributed by atoms with Crippen molar-refractivity contribution in [2.75, 3.05) is 0 Å². The van der Waals surface area contributed by atoms with Crippen LogP contribution >= 0.6 is 23.2 Å². The van der Waals surface area contributed by atoms with Gasteiger partial charge in [0.15, 0.2) is 6.34 Å². The number of halogens is 2. The van der Waals surface area contributed by atoms with Crippen LogP contribution in [0.2, 0.25) is 0 Å². The van der Waals surface area contributed by atoms with Crippen LogP contribution in [0.25, 0.3) is 0 Å². The van der Waals surface area contributed by atoms with Gasteiger partial charge >= 0.3 is 0 Å². The Hall–Kier alpha value is -0.720. The van der Waals surface area contributed by atoms with Crippen LogP contribution in [0, 0.1) is 11.3 Å². The molecule has 5 heteroatoms. The lowest BCUT2D eigenvalue weighted by molar-refractivity contribution is 0.905. The van der Waals surface area contributed by atoms with Crippen LogP contribution in [-0.4, -0.2) is 11.3 Å². The maximum Gasteiger partial charge on any atom is 0.243 e. The molecule has 0 saturated heterocycles. The molecule has 51 valence electrons. The lowest BCUT2D eigenvalue weighted by Gasteiger charge is -2.12. The molecule has 1 rings (SSSR count). The minimum Gasteiger partial charge on any atom is -0.328 e. The SMILES string of the molecule is N#CC1(Cl)C=C(Cl)N[C]=N1. The molecule has 1 heterocycles. The largest absolute Gasteiger partial charge is 0.328 e. The van der Waals surface area contributed by atoms with E-state index in [4.69, 9.17) is 28.5 Å². The molecule has 0 fully saturated rings. The molecule has 1 N–H and O–H groups in total. The summed E-state index contributed by atoms with van der Waals surface area (Å²) in [6, 6.07) is 1.75. The first kappa shape index (κ1) is 7.39. The highest BCUT2D eigenvalue weighted by Gasteiger charge is 2.25. The Morgan fingerprint density at radius 2 is 2.60 bits per heavy atom. The van der Waals surface area contributed by atoms with Gasteiger partial charge < -0.3 is 5.32 Å². The maximum absolute atomic E-state index is 8.42. The Morgan fingerprint density at radius 3 is 3.00 bits per heavy atom. The van der Waals surface area contributed by atoms with Gasteiger partial charge in [-0.2, -0.15) is 5.26 Å². The summed E-state index contributed by atoms with van der Waals surface area (Å²) in [6.07, 6.45) is 3.59. The third kappa shape index (κ3) is 1.41. The molecule has 0 aromatic rings. The first-order valence-corrected chi connectivity index (χ1v) is 3.13. The van der Waals surface area contributed by atoms with Gasteiger partial charge in [-0.1, -0.05) is 23.2 Å². The molecule has 0 aromatic carbocycles. The standard InChI is InChI=1S/C5H2Cl2N3/c6-4-1-5(7,2-8)10-3-9-4/h1H,(H,9,10). The van der Waals surface area contributed by atoms with Crippen molar-refractivity contribution in [2.24, 2.45) is 4.99 Å². The molecule has 0 spiro atoms. The summed E-state index contributed by atoms with van der Waals surface area (Å²) in [5, 5.41) is 11.1. The molecule has 1 aliphatic rings. The van der Waals surface area contributed by atoms with Crippen molar-refractivity contribution >= 4 is 29.5 Å². The second-order valence-corrected chi connectivity index (χ2v) is 2.61. The van der Waals surface area contributed by atoms with Gasteiger partial charge in [-0.25, -0.2) is 4.99 Å². The minimum atomic E-state index is -1.37. The zero-order valence-corrected chi connectivity index (χ0v) is 6.24. The normalized spacial score (nSPS) is 30.3. The van der Waals surface area contributed by atoms with Crippen molar-refractivity contribution in [3.05, 3.63) is 11.2 Å². The van der Waals surface area contributed by atoms with Crippen LogP contribution in [0.5, 0.6) is 0 Å². The fourth-order valence-electron chi connectivity index (χ4n) is 0.456. The van der Waals surface area contributed by atoms with E-state index in [9.17, 15) is 0 Å². The van der Waals surface area contributed by atoms with Gasteiger partial charge in [-0.3, -0.25) is 0 Å². The lowest BCUT2D eigenvalue weighted by Crippen LogP contribution is -2.23. The first-order chi connectivity index (χ1) is 4.66. The monoisotopic (exact) mass is 174 g/mol. The van der Waals surface area contributed by atoms with Crippen molar-refractivity contribution in [1.82, 2.24) is 5.32 Å². The second-order valence-electron chi connectivity index (χ2n) is 1.63. The number of hydrogen-bond donors (Lipinski definition) is 1. The molecular weight excluding hydrogens is 173 g/mol. The number of nitriles is 1. The van der Waals surface area contributed by atoms with Gasteiger partial charge in [-0.05, 0) is 0 Å². The lowest BCUT2D eigenvalue weighted by atomic mass is 10.3. The van der Waals surface area contributed by atoms with E-state index in [2.05, 4.69) is 16.6 Å². The summed E-state index contributed by atoms with van der Waals surface area (Å²) in [4.78, 5) is 2.14. The molecule has 0 bridgehead atoms. The van der Waals surface area contributed by atoms with Gasteiger partial charge in [0.05, 0.1) is 0 Å². The fraction of sp³-hybridized carbons (Fsp3) is 0.200. The summed E-state index contributed by atoms with van der Waals surface area (Å²) in [6.45, 7) is 0. The van der Waals surface area contributed by atoms with Crippen molar-refractivity contribution in [2.45, 2.75) is 5.00 Å². The number of alkyl halides is 1. The van der Waals surface area contributed by atoms with Gasteiger partial charge in [0.1, 0.15) is 11.2 Å². The zero-order chi connectivity index (χ0) is 7.61. The molecule has 1 aliphatic heterocycles. The highest BCUT2D eigenvalue weighted by atomic mass is 35.5. The average molecular weight is 175 g/mol. The molecule has 1 atom stereocenters. The highest BCUT2D eigenvalue weighted by Crippen LogP contribution is 2.21. The summed E-state index contributed by atoms with van der Waals surface area (Å²) in [5.41, 5.74) is 0. The van der Waals surface area contributed by atoms with Gasteiger partial charge in [0.2, 0.25) is 5.00 Å². The fourth-order valence-corrected chi connectivity index (χ4v) is 0.864. The Balaban J connectivity index is 2.91. The minimum absolute atomic E-state index is 0.256. The van der Waals surface area contributed by atoms with E-state index in [0.717, 1.165) is 0 Å².